The lowest BCUT2D eigenvalue weighted by molar-refractivity contribution is 0.0619. The van der Waals surface area contributed by atoms with Crippen LogP contribution in [-0.2, 0) is 25.9 Å². The molecule has 2 aromatic carbocycles. The Morgan fingerprint density at radius 3 is 2.56 bits per heavy atom. The Hall–Kier alpha value is -3.00. The summed E-state index contributed by atoms with van der Waals surface area (Å²) in [5.41, 5.74) is 2.28. The molecular weight excluding hydrogens is 446 g/mol. The van der Waals surface area contributed by atoms with Crippen molar-refractivity contribution in [1.29, 1.82) is 0 Å². The molecule has 2 aromatic heterocycles. The van der Waals surface area contributed by atoms with Crippen LogP contribution in [0.4, 0.5) is 0 Å². The van der Waals surface area contributed by atoms with Crippen molar-refractivity contribution in [2.75, 3.05) is 13.2 Å². The number of H-pyrrole nitrogens is 1. The van der Waals surface area contributed by atoms with Crippen molar-refractivity contribution in [3.8, 4) is 5.75 Å². The molecule has 0 unspecified atom stereocenters. The molecule has 2 N–H and O–H groups in total. The van der Waals surface area contributed by atoms with Gasteiger partial charge in [0.25, 0.3) is 5.56 Å². The van der Waals surface area contributed by atoms with E-state index in [0.717, 1.165) is 40.8 Å². The van der Waals surface area contributed by atoms with Gasteiger partial charge in [0, 0.05) is 18.0 Å². The molecule has 0 saturated heterocycles. The predicted molar refractivity (Wildman–Crippen MR) is 135 cm³/mol. The lowest BCUT2D eigenvalue weighted by atomic mass is 9.97. The number of ether oxygens (including phenoxy) is 1. The van der Waals surface area contributed by atoms with Crippen LogP contribution >= 0.6 is 11.3 Å². The van der Waals surface area contributed by atoms with Gasteiger partial charge in [0.1, 0.15) is 29.1 Å². The Morgan fingerprint density at radius 2 is 1.76 bits per heavy atom. The Kier molecular flexibility index (Phi) is 7.04. The molecule has 4 aromatic rings. The fourth-order valence-electron chi connectivity index (χ4n) is 4.58. The van der Waals surface area contributed by atoms with Crippen molar-refractivity contribution in [2.45, 2.75) is 44.9 Å². The number of nitrogens with one attached hydrogen (secondary N) is 1. The van der Waals surface area contributed by atoms with Crippen molar-refractivity contribution >= 4 is 21.6 Å². The number of nitrogens with zero attached hydrogens (tertiary/aromatic N) is 2. The summed E-state index contributed by atoms with van der Waals surface area (Å²) >= 11 is 1.66. The molecule has 1 aliphatic rings. The van der Waals surface area contributed by atoms with Gasteiger partial charge in [-0.1, -0.05) is 48.5 Å². The second kappa shape index (κ2) is 10.5. The second-order valence-corrected chi connectivity index (χ2v) is 9.92. The largest absolute Gasteiger partial charge is 0.491 e. The molecule has 7 heteroatoms. The molecule has 176 valence electrons. The number of aryl methyl sites for hydroxylation is 2. The molecule has 5 rings (SSSR count). The van der Waals surface area contributed by atoms with Crippen LogP contribution in [0.25, 0.3) is 10.2 Å². The third-order valence-corrected chi connectivity index (χ3v) is 7.34. The van der Waals surface area contributed by atoms with E-state index in [2.05, 4.69) is 22.0 Å². The monoisotopic (exact) mass is 475 g/mol. The van der Waals surface area contributed by atoms with Crippen LogP contribution in [0, 0.1) is 0 Å². The summed E-state index contributed by atoms with van der Waals surface area (Å²) in [5, 5.41) is 11.5. The highest BCUT2D eigenvalue weighted by atomic mass is 32.1. The fourth-order valence-corrected chi connectivity index (χ4v) is 5.86. The van der Waals surface area contributed by atoms with Gasteiger partial charge in [0.15, 0.2) is 0 Å². The Morgan fingerprint density at radius 1 is 1.03 bits per heavy atom. The average molecular weight is 476 g/mol. The number of fused-ring (bicyclic) bond motifs is 3. The third kappa shape index (κ3) is 5.38. The number of aliphatic hydroxyl groups is 1. The molecule has 34 heavy (non-hydrogen) atoms. The standard InChI is InChI=1S/C27H29N3O3S/c31-20(18-33-21-11-5-2-6-12-21)16-30(15-19-9-3-1-4-10-19)17-24-28-26(32)25-22-13-7-8-14-23(22)34-27(25)29-24/h1-6,9-12,20,31H,7-8,13-18H2,(H,28,29,32)/t20-/m0/s1. The zero-order valence-corrected chi connectivity index (χ0v) is 19.9. The van der Waals surface area contributed by atoms with Crippen LogP contribution in [0.5, 0.6) is 5.75 Å². The highest BCUT2D eigenvalue weighted by Gasteiger charge is 2.21. The normalized spacial score (nSPS) is 14.3. The minimum atomic E-state index is -0.687. The molecule has 0 spiro atoms. The first-order valence-electron chi connectivity index (χ1n) is 11.8. The summed E-state index contributed by atoms with van der Waals surface area (Å²) in [6.07, 6.45) is 3.63. The quantitative estimate of drug-likeness (QED) is 0.377. The molecule has 0 saturated carbocycles. The molecule has 6 nitrogen and oxygen atoms in total. The molecule has 2 heterocycles. The van der Waals surface area contributed by atoms with Crippen LogP contribution in [0.3, 0.4) is 0 Å². The van der Waals surface area contributed by atoms with E-state index in [1.54, 1.807) is 11.3 Å². The summed E-state index contributed by atoms with van der Waals surface area (Å²) < 4.78 is 5.74. The summed E-state index contributed by atoms with van der Waals surface area (Å²) in [5.74, 6) is 1.36. The maximum atomic E-state index is 13.0. The van der Waals surface area contributed by atoms with Crippen molar-refractivity contribution in [3.63, 3.8) is 0 Å². The van der Waals surface area contributed by atoms with E-state index < -0.39 is 6.10 Å². The van der Waals surface area contributed by atoms with E-state index in [9.17, 15) is 9.90 Å². The number of benzene rings is 2. The van der Waals surface area contributed by atoms with Gasteiger partial charge in [-0.25, -0.2) is 4.98 Å². The first-order valence-corrected chi connectivity index (χ1v) is 12.6. The number of thiophene rings is 1. The summed E-state index contributed by atoms with van der Waals surface area (Å²) in [6, 6.07) is 19.6. The topological polar surface area (TPSA) is 78.5 Å². The number of para-hydroxylation sites is 1. The number of hydrogen-bond acceptors (Lipinski definition) is 6. The molecular formula is C27H29N3O3S. The van der Waals surface area contributed by atoms with E-state index in [4.69, 9.17) is 9.72 Å². The van der Waals surface area contributed by atoms with Crippen molar-refractivity contribution in [1.82, 2.24) is 14.9 Å². The van der Waals surface area contributed by atoms with Gasteiger partial charge < -0.3 is 14.8 Å². The Labute approximate surface area is 202 Å². The highest BCUT2D eigenvalue weighted by molar-refractivity contribution is 7.18. The van der Waals surface area contributed by atoms with Crippen molar-refractivity contribution in [2.24, 2.45) is 0 Å². The number of aliphatic hydroxyl groups excluding tert-OH is 1. The maximum absolute atomic E-state index is 13.0. The van der Waals surface area contributed by atoms with E-state index in [1.807, 2.05) is 48.5 Å². The molecule has 1 atom stereocenters. The number of rotatable bonds is 9. The molecule has 0 fully saturated rings. The lowest BCUT2D eigenvalue weighted by Crippen LogP contribution is -2.35. The third-order valence-electron chi connectivity index (χ3n) is 6.15. The summed E-state index contributed by atoms with van der Waals surface area (Å²) in [7, 11) is 0. The average Bonchev–Trinajstić information content (AvgIpc) is 3.23. The SMILES string of the molecule is O=c1[nH]c(CN(Cc2ccccc2)C[C@H](O)COc2ccccc2)nc2sc3c(c12)CCCC3. The van der Waals surface area contributed by atoms with E-state index in [1.165, 1.54) is 16.9 Å². The maximum Gasteiger partial charge on any atom is 0.259 e. The molecule has 0 radical (unpaired) electrons. The van der Waals surface area contributed by atoms with Crippen LogP contribution in [0.1, 0.15) is 34.7 Å². The van der Waals surface area contributed by atoms with E-state index >= 15 is 0 Å². The lowest BCUT2D eigenvalue weighted by Gasteiger charge is -2.25. The van der Waals surface area contributed by atoms with Gasteiger partial charge in [-0.2, -0.15) is 0 Å². The number of hydrogen-bond donors (Lipinski definition) is 2. The van der Waals surface area contributed by atoms with Gasteiger partial charge in [-0.3, -0.25) is 9.69 Å². The van der Waals surface area contributed by atoms with Crippen molar-refractivity contribution < 1.29 is 9.84 Å². The van der Waals surface area contributed by atoms with Gasteiger partial charge in [0.2, 0.25) is 0 Å². The number of aromatic nitrogens is 2. The Bertz CT molecular complexity index is 1290. The molecule has 1 aliphatic carbocycles. The predicted octanol–water partition coefficient (Wildman–Crippen LogP) is 4.31. The van der Waals surface area contributed by atoms with Crippen LogP contribution in [0.15, 0.2) is 65.5 Å². The zero-order valence-electron chi connectivity index (χ0n) is 19.1. The summed E-state index contributed by atoms with van der Waals surface area (Å²) in [6.45, 7) is 1.65. The zero-order chi connectivity index (χ0) is 23.3. The first-order chi connectivity index (χ1) is 16.7. The van der Waals surface area contributed by atoms with E-state index in [-0.39, 0.29) is 12.2 Å². The van der Waals surface area contributed by atoms with Gasteiger partial charge in [-0.05, 0) is 48.9 Å². The molecule has 0 bridgehead atoms. The van der Waals surface area contributed by atoms with Gasteiger partial charge in [-0.15, -0.1) is 11.3 Å². The van der Waals surface area contributed by atoms with Crippen LogP contribution < -0.4 is 10.3 Å². The second-order valence-electron chi connectivity index (χ2n) is 8.84. The molecule has 0 aliphatic heterocycles. The first kappa shape index (κ1) is 22.8. The molecule has 0 amide bonds. The van der Waals surface area contributed by atoms with Gasteiger partial charge in [0.05, 0.1) is 11.9 Å². The smallest absolute Gasteiger partial charge is 0.259 e. The van der Waals surface area contributed by atoms with E-state index in [0.29, 0.717) is 25.5 Å². The Balaban J connectivity index is 1.34. The van der Waals surface area contributed by atoms with Crippen molar-refractivity contribution in [3.05, 3.63) is 92.8 Å². The highest BCUT2D eigenvalue weighted by Crippen LogP contribution is 2.33. The minimum absolute atomic E-state index is 0.0491. The number of aromatic amines is 1. The summed E-state index contributed by atoms with van der Waals surface area (Å²) in [4.78, 5) is 25.1. The van der Waals surface area contributed by atoms with Crippen LogP contribution in [0.2, 0.25) is 0 Å². The van der Waals surface area contributed by atoms with Gasteiger partial charge >= 0.3 is 0 Å². The van der Waals surface area contributed by atoms with Crippen LogP contribution in [-0.4, -0.2) is 39.2 Å². The minimum Gasteiger partial charge on any atom is -0.491 e. The fraction of sp³-hybridized carbons (Fsp3) is 0.333.